The van der Waals surface area contributed by atoms with Gasteiger partial charge in [-0.1, -0.05) is 81.8 Å². The molecule has 1 heterocycles. The van der Waals surface area contributed by atoms with Crippen LogP contribution in [0.3, 0.4) is 0 Å². The third-order valence-corrected chi connectivity index (χ3v) is 7.72. The number of hydrogen-bond acceptors (Lipinski definition) is 2. The van der Waals surface area contributed by atoms with Crippen molar-refractivity contribution in [3.8, 4) is 11.1 Å². The Labute approximate surface area is 227 Å². The third-order valence-electron chi connectivity index (χ3n) is 7.72. The van der Waals surface area contributed by atoms with E-state index >= 15 is 0 Å². The highest BCUT2D eigenvalue weighted by Crippen LogP contribution is 2.31. The van der Waals surface area contributed by atoms with Crippen molar-refractivity contribution in [2.75, 3.05) is 6.54 Å². The molecule has 0 bridgehead atoms. The molecule has 1 aliphatic heterocycles. The van der Waals surface area contributed by atoms with E-state index < -0.39 is 0 Å². The summed E-state index contributed by atoms with van der Waals surface area (Å²) >= 11 is 0. The van der Waals surface area contributed by atoms with Crippen molar-refractivity contribution in [2.45, 2.75) is 53.9 Å². The lowest BCUT2D eigenvalue weighted by Gasteiger charge is -2.20. The van der Waals surface area contributed by atoms with Gasteiger partial charge in [-0.2, -0.15) is 0 Å². The van der Waals surface area contributed by atoms with Gasteiger partial charge in [-0.3, -0.25) is 9.79 Å². The molecule has 3 aromatic rings. The minimum atomic E-state index is -0.282. The van der Waals surface area contributed by atoms with Crippen LogP contribution in [0.5, 0.6) is 0 Å². The Kier molecular flexibility index (Phi) is 8.89. The van der Waals surface area contributed by atoms with E-state index in [0.717, 1.165) is 30.4 Å². The molecule has 0 fully saturated rings. The normalized spacial score (nSPS) is 14.9. The summed E-state index contributed by atoms with van der Waals surface area (Å²) in [6.45, 7) is 11.1. The second-order valence-electron chi connectivity index (χ2n) is 10.6. The van der Waals surface area contributed by atoms with Crippen molar-refractivity contribution in [1.82, 2.24) is 0 Å². The first-order valence-electron chi connectivity index (χ1n) is 13.7. The summed E-state index contributed by atoms with van der Waals surface area (Å²) in [7, 11) is 0. The van der Waals surface area contributed by atoms with Gasteiger partial charge in [-0.05, 0) is 95.3 Å². The number of benzene rings is 3. The zero-order valence-corrected chi connectivity index (χ0v) is 23.2. The topological polar surface area (TPSA) is 29.4 Å². The number of carbonyl (C=O) groups is 1. The zero-order valence-electron chi connectivity index (χ0n) is 23.2. The molecule has 0 saturated heterocycles. The number of ketones is 1. The van der Waals surface area contributed by atoms with Crippen LogP contribution in [0.25, 0.3) is 22.8 Å². The van der Waals surface area contributed by atoms with Crippen LogP contribution in [0.15, 0.2) is 77.3 Å². The molecule has 0 aliphatic carbocycles. The summed E-state index contributed by atoms with van der Waals surface area (Å²) in [6, 6.07) is 19.7. The van der Waals surface area contributed by atoms with Crippen molar-refractivity contribution in [3.63, 3.8) is 0 Å². The Morgan fingerprint density at radius 2 is 1.68 bits per heavy atom. The number of allylic oxidation sites excluding steroid dienone is 2. The number of nitrogens with zero attached hydrogens (tertiary/aromatic N) is 1. The molecule has 2 nitrogen and oxygen atoms in total. The zero-order chi connectivity index (χ0) is 27.2. The van der Waals surface area contributed by atoms with Crippen LogP contribution in [0.1, 0.15) is 61.4 Å². The predicted octanol–water partition coefficient (Wildman–Crippen LogP) is 8.84. The SMILES string of the molecule is CCC/C=C\c1cc(-c2cc(CC(C)C(C)C(=O)C3=C(c4ccc(F)cc4)CN=C3)ccc2C)ccc1C. The summed E-state index contributed by atoms with van der Waals surface area (Å²) < 4.78 is 13.4. The molecule has 38 heavy (non-hydrogen) atoms. The standard InChI is InChI=1S/C35H38FNO/c1-6-7-8-9-29-20-30(13-11-23(29)2)32-19-27(12-10-24(32)3)18-25(4)26(5)35(38)34-22-37-21-33(34)28-14-16-31(36)17-15-28/h8-17,19-20,22,25-26H,6-7,18,21H2,1-5H3/b9-8-. The Balaban J connectivity index is 1.54. The Hall–Kier alpha value is -3.59. The number of Topliss-reactive ketones (excluding diaryl/α,β-unsaturated/α-hetero) is 1. The van der Waals surface area contributed by atoms with Gasteiger partial charge in [-0.25, -0.2) is 4.39 Å². The number of hydrogen-bond donors (Lipinski definition) is 0. The van der Waals surface area contributed by atoms with Crippen LogP contribution in [0.2, 0.25) is 0 Å². The highest BCUT2D eigenvalue weighted by molar-refractivity contribution is 6.21. The molecular weight excluding hydrogens is 469 g/mol. The molecule has 0 amide bonds. The molecule has 0 N–H and O–H groups in total. The smallest absolute Gasteiger partial charge is 0.167 e. The second-order valence-corrected chi connectivity index (χ2v) is 10.6. The molecule has 0 saturated carbocycles. The largest absolute Gasteiger partial charge is 0.294 e. The third kappa shape index (κ3) is 6.27. The lowest BCUT2D eigenvalue weighted by atomic mass is 9.82. The molecule has 3 aromatic carbocycles. The van der Waals surface area contributed by atoms with Crippen molar-refractivity contribution < 1.29 is 9.18 Å². The summed E-state index contributed by atoms with van der Waals surface area (Å²) in [5, 5.41) is 0. The molecule has 0 aromatic heterocycles. The highest BCUT2D eigenvalue weighted by atomic mass is 19.1. The van der Waals surface area contributed by atoms with Gasteiger partial charge in [0.2, 0.25) is 0 Å². The molecule has 3 heteroatoms. The maximum Gasteiger partial charge on any atom is 0.167 e. The van der Waals surface area contributed by atoms with Gasteiger partial charge in [-0.15, -0.1) is 0 Å². The van der Waals surface area contributed by atoms with Crippen molar-refractivity contribution in [3.05, 3.63) is 106 Å². The number of aryl methyl sites for hydroxylation is 2. The Morgan fingerprint density at radius 3 is 2.42 bits per heavy atom. The fourth-order valence-electron chi connectivity index (χ4n) is 5.03. The highest BCUT2D eigenvalue weighted by Gasteiger charge is 2.27. The predicted molar refractivity (Wildman–Crippen MR) is 159 cm³/mol. The molecule has 196 valence electrons. The lowest BCUT2D eigenvalue weighted by Crippen LogP contribution is -2.23. The van der Waals surface area contributed by atoms with Gasteiger partial charge in [0.15, 0.2) is 5.78 Å². The molecule has 2 unspecified atom stereocenters. The van der Waals surface area contributed by atoms with E-state index in [1.54, 1.807) is 18.3 Å². The van der Waals surface area contributed by atoms with Crippen LogP contribution in [0.4, 0.5) is 4.39 Å². The van der Waals surface area contributed by atoms with Crippen LogP contribution in [-0.4, -0.2) is 18.5 Å². The Bertz CT molecular complexity index is 1390. The number of aliphatic imine (C=N–C) groups is 1. The summed E-state index contributed by atoms with van der Waals surface area (Å²) in [5.41, 5.74) is 9.87. The van der Waals surface area contributed by atoms with Gasteiger partial charge >= 0.3 is 0 Å². The first kappa shape index (κ1) is 27.4. The number of halogens is 1. The van der Waals surface area contributed by atoms with Crippen LogP contribution in [-0.2, 0) is 11.2 Å². The molecule has 0 radical (unpaired) electrons. The maximum absolute atomic E-state index is 13.5. The summed E-state index contributed by atoms with van der Waals surface area (Å²) in [6.07, 6.45) is 9.22. The van der Waals surface area contributed by atoms with E-state index in [1.807, 2.05) is 6.92 Å². The molecule has 4 rings (SSSR count). The maximum atomic E-state index is 13.5. The van der Waals surface area contributed by atoms with Gasteiger partial charge in [0.05, 0.1) is 6.54 Å². The number of carbonyl (C=O) groups excluding carboxylic acids is 1. The van der Waals surface area contributed by atoms with Crippen molar-refractivity contribution >= 4 is 23.6 Å². The second kappa shape index (κ2) is 12.3. The average Bonchev–Trinajstić information content (AvgIpc) is 3.40. The molecule has 0 spiro atoms. The van der Waals surface area contributed by atoms with Crippen LogP contribution >= 0.6 is 0 Å². The minimum absolute atomic E-state index is 0.104. The number of rotatable bonds is 10. The lowest BCUT2D eigenvalue weighted by molar-refractivity contribution is -0.119. The summed E-state index contributed by atoms with van der Waals surface area (Å²) in [5.74, 6) is -0.188. The number of unbranched alkanes of at least 4 members (excludes halogenated alkanes) is 1. The minimum Gasteiger partial charge on any atom is -0.294 e. The summed E-state index contributed by atoms with van der Waals surface area (Å²) in [4.78, 5) is 17.9. The van der Waals surface area contributed by atoms with Gasteiger partial charge in [0, 0.05) is 17.7 Å². The monoisotopic (exact) mass is 507 g/mol. The fourth-order valence-corrected chi connectivity index (χ4v) is 5.03. The first-order chi connectivity index (χ1) is 18.3. The van der Waals surface area contributed by atoms with Crippen LogP contribution in [0, 0.1) is 31.5 Å². The van der Waals surface area contributed by atoms with E-state index in [9.17, 15) is 9.18 Å². The average molecular weight is 508 g/mol. The van der Waals surface area contributed by atoms with E-state index in [1.165, 1.54) is 45.5 Å². The first-order valence-corrected chi connectivity index (χ1v) is 13.7. The van der Waals surface area contributed by atoms with Gasteiger partial charge in [0.25, 0.3) is 0 Å². The van der Waals surface area contributed by atoms with Crippen molar-refractivity contribution in [2.24, 2.45) is 16.8 Å². The van der Waals surface area contributed by atoms with E-state index in [4.69, 9.17) is 0 Å². The van der Waals surface area contributed by atoms with Crippen LogP contribution < -0.4 is 0 Å². The van der Waals surface area contributed by atoms with Gasteiger partial charge in [0.1, 0.15) is 5.82 Å². The van der Waals surface area contributed by atoms with E-state index in [2.05, 4.69) is 81.2 Å². The fraction of sp³-hybridized carbons (Fsp3) is 0.314. The quantitative estimate of drug-likeness (QED) is 0.269. The Morgan fingerprint density at radius 1 is 0.974 bits per heavy atom. The van der Waals surface area contributed by atoms with Crippen molar-refractivity contribution in [1.29, 1.82) is 0 Å². The molecule has 2 atom stereocenters. The van der Waals surface area contributed by atoms with E-state index in [0.29, 0.717) is 12.1 Å². The van der Waals surface area contributed by atoms with Gasteiger partial charge < -0.3 is 0 Å². The molecule has 1 aliphatic rings. The molecular formula is C35H38FNO. The van der Waals surface area contributed by atoms with E-state index in [-0.39, 0.29) is 23.4 Å².